The van der Waals surface area contributed by atoms with Crippen LogP contribution in [0, 0.1) is 0 Å². The van der Waals surface area contributed by atoms with E-state index in [4.69, 9.17) is 17.3 Å². The largest absolute Gasteiger partial charge is 0.481 e. The fourth-order valence-electron chi connectivity index (χ4n) is 2.00. The molecule has 1 atom stereocenters. The number of carboxylic acid groups (broad SMARTS) is 1. The number of halogens is 1. The molecule has 0 amide bonds. The van der Waals surface area contributed by atoms with Crippen molar-refractivity contribution in [1.29, 1.82) is 0 Å². The Morgan fingerprint density at radius 1 is 1.50 bits per heavy atom. The Morgan fingerprint density at radius 3 is 2.85 bits per heavy atom. The third kappa shape index (κ3) is 2.88. The summed E-state index contributed by atoms with van der Waals surface area (Å²) in [4.78, 5) is 19.7. The summed E-state index contributed by atoms with van der Waals surface area (Å²) in [5.41, 5.74) is 7.23. The van der Waals surface area contributed by atoms with E-state index in [0.717, 1.165) is 0 Å². The average Bonchev–Trinajstić information content (AvgIpc) is 2.40. The topological polar surface area (TPSA) is 89.1 Å². The summed E-state index contributed by atoms with van der Waals surface area (Å²) in [6.07, 6.45) is 1.79. The maximum Gasteiger partial charge on any atom is 0.312 e. The molecule has 1 unspecified atom stereocenters. The van der Waals surface area contributed by atoms with Crippen molar-refractivity contribution < 1.29 is 9.90 Å². The molecule has 0 aliphatic rings. The Balaban J connectivity index is 2.62. The van der Waals surface area contributed by atoms with Crippen molar-refractivity contribution in [3.05, 3.63) is 41.2 Å². The van der Waals surface area contributed by atoms with E-state index in [0.29, 0.717) is 28.4 Å². The SMILES string of the molecule is CCC(C(=O)O)c1ncc(N)nc1-c1cccc(Cl)c1. The normalized spacial score (nSPS) is 12.1. The van der Waals surface area contributed by atoms with Gasteiger partial charge < -0.3 is 10.8 Å². The van der Waals surface area contributed by atoms with E-state index in [9.17, 15) is 9.90 Å². The number of carbonyl (C=O) groups is 1. The zero-order valence-electron chi connectivity index (χ0n) is 10.9. The van der Waals surface area contributed by atoms with Crippen molar-refractivity contribution in [3.8, 4) is 11.3 Å². The van der Waals surface area contributed by atoms with Crippen LogP contribution >= 0.6 is 11.6 Å². The van der Waals surface area contributed by atoms with Crippen LogP contribution in [-0.2, 0) is 4.79 Å². The Morgan fingerprint density at radius 2 is 2.25 bits per heavy atom. The minimum atomic E-state index is -0.935. The summed E-state index contributed by atoms with van der Waals surface area (Å²) in [5.74, 6) is -1.42. The second-order valence-corrected chi connectivity index (χ2v) is 4.77. The number of anilines is 1. The van der Waals surface area contributed by atoms with Crippen molar-refractivity contribution in [3.63, 3.8) is 0 Å². The van der Waals surface area contributed by atoms with Gasteiger partial charge in [0.05, 0.1) is 17.6 Å². The van der Waals surface area contributed by atoms with Gasteiger partial charge in [-0.15, -0.1) is 0 Å². The van der Waals surface area contributed by atoms with Crippen molar-refractivity contribution in [1.82, 2.24) is 9.97 Å². The van der Waals surface area contributed by atoms with Crippen LogP contribution in [0.25, 0.3) is 11.3 Å². The molecule has 3 N–H and O–H groups in total. The third-order valence-electron chi connectivity index (χ3n) is 2.95. The van der Waals surface area contributed by atoms with E-state index in [-0.39, 0.29) is 5.82 Å². The Labute approximate surface area is 121 Å². The smallest absolute Gasteiger partial charge is 0.312 e. The second-order valence-electron chi connectivity index (χ2n) is 4.34. The van der Waals surface area contributed by atoms with Crippen LogP contribution in [0.3, 0.4) is 0 Å². The van der Waals surface area contributed by atoms with Gasteiger partial charge in [0, 0.05) is 10.6 Å². The molecule has 0 spiro atoms. The summed E-state index contributed by atoms with van der Waals surface area (Å²) in [6, 6.07) is 7.02. The number of carboxylic acids is 1. The molecule has 0 saturated carbocycles. The number of aromatic nitrogens is 2. The zero-order valence-corrected chi connectivity index (χ0v) is 11.6. The molecule has 1 aromatic heterocycles. The number of hydrogen-bond donors (Lipinski definition) is 2. The van der Waals surface area contributed by atoms with Gasteiger partial charge >= 0.3 is 5.97 Å². The number of benzene rings is 1. The van der Waals surface area contributed by atoms with E-state index in [1.165, 1.54) is 6.20 Å². The minimum absolute atomic E-state index is 0.240. The molecule has 1 heterocycles. The molecule has 0 bridgehead atoms. The van der Waals surface area contributed by atoms with E-state index < -0.39 is 11.9 Å². The molecule has 5 nitrogen and oxygen atoms in total. The Kier molecular flexibility index (Phi) is 4.20. The van der Waals surface area contributed by atoms with Crippen LogP contribution in [0.1, 0.15) is 25.0 Å². The highest BCUT2D eigenvalue weighted by molar-refractivity contribution is 6.30. The van der Waals surface area contributed by atoms with Gasteiger partial charge in [-0.1, -0.05) is 30.7 Å². The van der Waals surface area contributed by atoms with E-state index in [2.05, 4.69) is 9.97 Å². The number of hydrogen-bond acceptors (Lipinski definition) is 4. The molecule has 0 fully saturated rings. The lowest BCUT2D eigenvalue weighted by molar-refractivity contribution is -0.138. The van der Waals surface area contributed by atoms with Gasteiger partial charge in [0.2, 0.25) is 0 Å². The molecular weight excluding hydrogens is 278 g/mol. The van der Waals surface area contributed by atoms with Crippen molar-refractivity contribution in [2.45, 2.75) is 19.3 Å². The number of nitrogen functional groups attached to an aromatic ring is 1. The lowest BCUT2D eigenvalue weighted by Gasteiger charge is -2.14. The number of aliphatic carboxylic acids is 1. The molecule has 0 radical (unpaired) electrons. The summed E-state index contributed by atoms with van der Waals surface area (Å²) < 4.78 is 0. The first-order chi connectivity index (χ1) is 9.52. The standard InChI is InChI=1S/C14H14ClN3O2/c1-2-10(14(19)20)13-12(18-11(16)7-17-13)8-4-3-5-9(15)6-8/h3-7,10H,2H2,1H3,(H2,16,18)(H,19,20). The molecule has 0 aliphatic heterocycles. The van der Waals surface area contributed by atoms with Crippen LogP contribution < -0.4 is 5.73 Å². The van der Waals surface area contributed by atoms with Gasteiger partial charge in [-0.05, 0) is 18.6 Å². The highest BCUT2D eigenvalue weighted by Crippen LogP contribution is 2.30. The molecule has 2 aromatic rings. The predicted octanol–water partition coefficient (Wildman–Crippen LogP) is 2.96. The van der Waals surface area contributed by atoms with Gasteiger partial charge in [-0.2, -0.15) is 0 Å². The molecule has 0 saturated heterocycles. The number of nitrogens with two attached hydrogens (primary N) is 1. The molecule has 104 valence electrons. The van der Waals surface area contributed by atoms with E-state index in [1.54, 1.807) is 31.2 Å². The van der Waals surface area contributed by atoms with Crippen LogP contribution in [0.4, 0.5) is 5.82 Å². The monoisotopic (exact) mass is 291 g/mol. The maximum absolute atomic E-state index is 11.3. The fraction of sp³-hybridized carbons (Fsp3) is 0.214. The van der Waals surface area contributed by atoms with Gasteiger partial charge in [-0.3, -0.25) is 9.78 Å². The number of rotatable bonds is 4. The lowest BCUT2D eigenvalue weighted by atomic mass is 9.97. The molecule has 20 heavy (non-hydrogen) atoms. The van der Waals surface area contributed by atoms with E-state index in [1.807, 2.05) is 0 Å². The quantitative estimate of drug-likeness (QED) is 0.904. The van der Waals surface area contributed by atoms with Gasteiger partial charge in [0.15, 0.2) is 0 Å². The molecule has 0 aliphatic carbocycles. The van der Waals surface area contributed by atoms with Crippen molar-refractivity contribution in [2.75, 3.05) is 5.73 Å². The van der Waals surface area contributed by atoms with Gasteiger partial charge in [0.25, 0.3) is 0 Å². The zero-order chi connectivity index (χ0) is 14.7. The van der Waals surface area contributed by atoms with E-state index >= 15 is 0 Å². The minimum Gasteiger partial charge on any atom is -0.481 e. The molecule has 6 heteroatoms. The van der Waals surface area contributed by atoms with Crippen molar-refractivity contribution >= 4 is 23.4 Å². The molecule has 1 aromatic carbocycles. The summed E-state index contributed by atoms with van der Waals surface area (Å²) in [5, 5.41) is 9.84. The first-order valence-electron chi connectivity index (χ1n) is 6.14. The first kappa shape index (κ1) is 14.3. The van der Waals surface area contributed by atoms with Crippen LogP contribution in [0.15, 0.2) is 30.5 Å². The fourth-order valence-corrected chi connectivity index (χ4v) is 2.19. The second kappa shape index (κ2) is 5.88. The third-order valence-corrected chi connectivity index (χ3v) is 3.19. The van der Waals surface area contributed by atoms with Gasteiger partial charge in [-0.25, -0.2) is 4.98 Å². The summed E-state index contributed by atoms with van der Waals surface area (Å²) >= 11 is 5.97. The van der Waals surface area contributed by atoms with Gasteiger partial charge in [0.1, 0.15) is 11.7 Å². The Bertz CT molecular complexity index is 646. The van der Waals surface area contributed by atoms with Crippen molar-refractivity contribution in [2.24, 2.45) is 0 Å². The number of nitrogens with zero attached hydrogens (tertiary/aromatic N) is 2. The molecule has 2 rings (SSSR count). The molecular formula is C14H14ClN3O2. The van der Waals surface area contributed by atoms with Crippen LogP contribution in [0.5, 0.6) is 0 Å². The first-order valence-corrected chi connectivity index (χ1v) is 6.52. The predicted molar refractivity (Wildman–Crippen MR) is 77.6 cm³/mol. The maximum atomic E-state index is 11.3. The lowest BCUT2D eigenvalue weighted by Crippen LogP contribution is -2.14. The summed E-state index contributed by atoms with van der Waals surface area (Å²) in [7, 11) is 0. The summed E-state index contributed by atoms with van der Waals surface area (Å²) in [6.45, 7) is 1.79. The van der Waals surface area contributed by atoms with Crippen LogP contribution in [-0.4, -0.2) is 21.0 Å². The average molecular weight is 292 g/mol. The van der Waals surface area contributed by atoms with Crippen LogP contribution in [0.2, 0.25) is 5.02 Å². The Hall–Kier alpha value is -2.14. The highest BCUT2D eigenvalue weighted by atomic mass is 35.5. The highest BCUT2D eigenvalue weighted by Gasteiger charge is 2.24.